The zero-order valence-electron chi connectivity index (χ0n) is 10.3. The third-order valence-corrected chi connectivity index (χ3v) is 3.21. The number of ketones is 1. The van der Waals surface area contributed by atoms with Crippen molar-refractivity contribution in [3.63, 3.8) is 0 Å². The van der Waals surface area contributed by atoms with Gasteiger partial charge in [-0.1, -0.05) is 25.6 Å². The van der Waals surface area contributed by atoms with Gasteiger partial charge in [-0.3, -0.25) is 4.79 Å². The highest BCUT2D eigenvalue weighted by Crippen LogP contribution is 2.32. The molecule has 0 bridgehead atoms. The Morgan fingerprint density at radius 3 is 2.76 bits per heavy atom. The minimum Gasteiger partial charge on any atom is -0.299 e. The van der Waals surface area contributed by atoms with Crippen LogP contribution >= 0.6 is 11.8 Å². The van der Waals surface area contributed by atoms with Crippen LogP contribution in [0.15, 0.2) is 10.1 Å². The number of hydrogen-bond donors (Lipinski definition) is 1. The summed E-state index contributed by atoms with van der Waals surface area (Å²) in [5, 5.41) is 7.43. The summed E-state index contributed by atoms with van der Waals surface area (Å²) >= 11 is 1.46. The monoisotopic (exact) mass is 252 g/mol. The van der Waals surface area contributed by atoms with Gasteiger partial charge < -0.3 is 0 Å². The van der Waals surface area contributed by atoms with Gasteiger partial charge in [0, 0.05) is 18.6 Å². The Morgan fingerprint density at radius 1 is 1.41 bits per heavy atom. The Morgan fingerprint density at radius 2 is 2.18 bits per heavy atom. The Bertz CT molecular complexity index is 464. The largest absolute Gasteiger partial charge is 0.299 e. The molecule has 0 amide bonds. The number of aliphatic imine (C=N–C) groups is 1. The second-order valence-electron chi connectivity index (χ2n) is 5.06. The summed E-state index contributed by atoms with van der Waals surface area (Å²) < 4.78 is 0. The molecule has 0 radical (unpaired) electrons. The lowest BCUT2D eigenvalue weighted by Gasteiger charge is -2.28. The molecule has 6 heteroatoms. The summed E-state index contributed by atoms with van der Waals surface area (Å²) in [6.07, 6.45) is 3.83. The molecule has 2 rings (SSSR count). The van der Waals surface area contributed by atoms with Crippen molar-refractivity contribution >= 4 is 29.2 Å². The van der Waals surface area contributed by atoms with Crippen molar-refractivity contribution < 1.29 is 4.79 Å². The van der Waals surface area contributed by atoms with E-state index < -0.39 is 0 Å². The topological polar surface area (TPSA) is 71.0 Å². The normalized spacial score (nSPS) is 22.1. The average Bonchev–Trinajstić information content (AvgIpc) is 2.62. The van der Waals surface area contributed by atoms with E-state index in [1.54, 1.807) is 0 Å². The first-order valence-corrected chi connectivity index (χ1v) is 6.75. The number of nitrogens with zero attached hydrogens (tertiary/aromatic N) is 3. The van der Waals surface area contributed by atoms with Crippen LogP contribution in [0.5, 0.6) is 0 Å². The van der Waals surface area contributed by atoms with Gasteiger partial charge >= 0.3 is 0 Å². The summed E-state index contributed by atoms with van der Waals surface area (Å²) in [5.41, 5.74) is 0.909. The highest BCUT2D eigenvalue weighted by Gasteiger charge is 2.30. The summed E-state index contributed by atoms with van der Waals surface area (Å²) in [5.74, 6) is 0.749. The van der Waals surface area contributed by atoms with Crippen molar-refractivity contribution in [3.8, 4) is 0 Å². The third-order valence-electron chi connectivity index (χ3n) is 2.66. The maximum atomic E-state index is 11.6. The number of carbonyl (C=O) groups excluding carboxylic acids is 1. The minimum atomic E-state index is 0.0104. The predicted octanol–water partition coefficient (Wildman–Crippen LogP) is 2.38. The first kappa shape index (κ1) is 12.3. The molecule has 1 fully saturated rings. The van der Waals surface area contributed by atoms with Crippen molar-refractivity contribution in [1.82, 2.24) is 15.2 Å². The van der Waals surface area contributed by atoms with E-state index in [-0.39, 0.29) is 11.2 Å². The molecule has 0 aromatic carbocycles. The van der Waals surface area contributed by atoms with Crippen molar-refractivity contribution in [2.75, 3.05) is 6.26 Å². The third kappa shape index (κ3) is 3.15. The van der Waals surface area contributed by atoms with Gasteiger partial charge in [-0.2, -0.15) is 4.98 Å². The fourth-order valence-electron chi connectivity index (χ4n) is 2.11. The molecular weight excluding hydrogens is 236 g/mol. The van der Waals surface area contributed by atoms with E-state index in [0.29, 0.717) is 23.9 Å². The Labute approximate surface area is 105 Å². The van der Waals surface area contributed by atoms with Crippen LogP contribution < -0.4 is 0 Å². The fourth-order valence-corrected chi connectivity index (χ4v) is 2.42. The quantitative estimate of drug-likeness (QED) is 0.820. The summed E-state index contributed by atoms with van der Waals surface area (Å²) in [7, 11) is 0. The lowest BCUT2D eigenvalue weighted by Crippen LogP contribution is -2.28. The molecule has 1 saturated carbocycles. The standard InChI is InChI=1S/C11H16N4OS/c1-11(2)5-7(4-8(16)6-11)12-9-13-10(17-3)15-14-9/h4-6H2,1-3H3,(H,13,14,15)/b12-7+. The first-order valence-electron chi connectivity index (χ1n) is 5.53. The van der Waals surface area contributed by atoms with Gasteiger partial charge in [0.25, 0.3) is 0 Å². The van der Waals surface area contributed by atoms with Gasteiger partial charge in [0.2, 0.25) is 11.1 Å². The number of rotatable bonds is 2. The first-order chi connectivity index (χ1) is 7.98. The van der Waals surface area contributed by atoms with Crippen LogP contribution in [0.4, 0.5) is 5.95 Å². The lowest BCUT2D eigenvalue weighted by atomic mass is 9.76. The van der Waals surface area contributed by atoms with Crippen LogP contribution in [-0.2, 0) is 4.79 Å². The highest BCUT2D eigenvalue weighted by atomic mass is 32.2. The van der Waals surface area contributed by atoms with Crippen molar-refractivity contribution in [1.29, 1.82) is 0 Å². The Hall–Kier alpha value is -1.17. The van der Waals surface area contributed by atoms with Crippen LogP contribution in [0.2, 0.25) is 0 Å². The Balaban J connectivity index is 2.18. The average molecular weight is 252 g/mol. The van der Waals surface area contributed by atoms with Crippen LogP contribution in [0.3, 0.4) is 0 Å². The van der Waals surface area contributed by atoms with E-state index >= 15 is 0 Å². The smallest absolute Gasteiger partial charge is 0.246 e. The molecule has 0 aliphatic heterocycles. The van der Waals surface area contributed by atoms with E-state index in [2.05, 4.69) is 34.0 Å². The molecule has 1 aromatic rings. The second-order valence-corrected chi connectivity index (χ2v) is 5.83. The number of aromatic amines is 1. The molecule has 17 heavy (non-hydrogen) atoms. The van der Waals surface area contributed by atoms with E-state index in [1.165, 1.54) is 11.8 Å². The maximum Gasteiger partial charge on any atom is 0.246 e. The SMILES string of the molecule is CSc1n[nH]c(/N=C2\CC(=O)CC(C)(C)C2)n1. The summed E-state index contributed by atoms with van der Waals surface area (Å²) in [6, 6.07) is 0. The number of H-pyrrole nitrogens is 1. The lowest BCUT2D eigenvalue weighted by molar-refractivity contribution is -0.120. The molecule has 0 spiro atoms. The van der Waals surface area contributed by atoms with Gasteiger partial charge in [-0.25, -0.2) is 10.1 Å². The number of Topliss-reactive ketones (excluding diaryl/α,β-unsaturated/α-hetero) is 1. The van der Waals surface area contributed by atoms with Crippen molar-refractivity contribution in [2.24, 2.45) is 10.4 Å². The van der Waals surface area contributed by atoms with Gasteiger partial charge in [-0.05, 0) is 18.1 Å². The summed E-state index contributed by atoms with van der Waals surface area (Å²) in [6.45, 7) is 4.18. The van der Waals surface area contributed by atoms with E-state index in [9.17, 15) is 4.79 Å². The minimum absolute atomic E-state index is 0.0104. The number of aromatic nitrogens is 3. The van der Waals surface area contributed by atoms with Crippen molar-refractivity contribution in [3.05, 3.63) is 0 Å². The zero-order valence-corrected chi connectivity index (χ0v) is 11.1. The number of hydrogen-bond acceptors (Lipinski definition) is 5. The van der Waals surface area contributed by atoms with Gasteiger partial charge in [0.05, 0.1) is 0 Å². The zero-order chi connectivity index (χ0) is 12.5. The molecule has 1 aromatic heterocycles. The van der Waals surface area contributed by atoms with Crippen LogP contribution in [0.25, 0.3) is 0 Å². The molecule has 0 atom stereocenters. The molecule has 5 nitrogen and oxygen atoms in total. The van der Waals surface area contributed by atoms with Gasteiger partial charge in [0.15, 0.2) is 0 Å². The van der Waals surface area contributed by atoms with Crippen LogP contribution in [0, 0.1) is 5.41 Å². The maximum absolute atomic E-state index is 11.6. The number of nitrogens with one attached hydrogen (secondary N) is 1. The predicted molar refractivity (Wildman–Crippen MR) is 67.9 cm³/mol. The number of thioether (sulfide) groups is 1. The number of carbonyl (C=O) groups is 1. The van der Waals surface area contributed by atoms with Crippen LogP contribution in [-0.4, -0.2) is 32.9 Å². The molecule has 1 aliphatic carbocycles. The van der Waals surface area contributed by atoms with E-state index in [0.717, 1.165) is 12.1 Å². The fraction of sp³-hybridized carbons (Fsp3) is 0.636. The van der Waals surface area contributed by atoms with E-state index in [1.807, 2.05) is 6.26 Å². The molecule has 1 aliphatic rings. The van der Waals surface area contributed by atoms with Crippen LogP contribution in [0.1, 0.15) is 33.1 Å². The summed E-state index contributed by atoms with van der Waals surface area (Å²) in [4.78, 5) is 20.2. The Kier molecular flexibility index (Phi) is 3.33. The molecule has 0 saturated heterocycles. The molecular formula is C11H16N4OS. The molecule has 0 unspecified atom stereocenters. The second kappa shape index (κ2) is 4.60. The molecule has 1 heterocycles. The van der Waals surface area contributed by atoms with E-state index in [4.69, 9.17) is 0 Å². The molecule has 1 N–H and O–H groups in total. The molecule has 92 valence electrons. The van der Waals surface area contributed by atoms with Crippen molar-refractivity contribution in [2.45, 2.75) is 38.3 Å². The van der Waals surface area contributed by atoms with Gasteiger partial charge in [-0.15, -0.1) is 5.10 Å². The highest BCUT2D eigenvalue weighted by molar-refractivity contribution is 7.98. The van der Waals surface area contributed by atoms with Gasteiger partial charge in [0.1, 0.15) is 5.78 Å².